The highest BCUT2D eigenvalue weighted by Gasteiger charge is 2.22. The van der Waals surface area contributed by atoms with Gasteiger partial charge in [0.25, 0.3) is 0 Å². The molecule has 0 radical (unpaired) electrons. The summed E-state index contributed by atoms with van der Waals surface area (Å²) >= 11 is 0. The van der Waals surface area contributed by atoms with Gasteiger partial charge in [0, 0.05) is 6.04 Å². The SMILES string of the molecule is CC.CCCC(N)C(O)C(=O)OCC. The molecule has 0 fully saturated rings. The Morgan fingerprint density at radius 2 is 1.93 bits per heavy atom. The van der Waals surface area contributed by atoms with Gasteiger partial charge in [0.15, 0.2) is 6.10 Å². The lowest BCUT2D eigenvalue weighted by molar-refractivity contribution is -0.154. The second kappa shape index (κ2) is 10.5. The van der Waals surface area contributed by atoms with Gasteiger partial charge in [0.1, 0.15) is 0 Å². The van der Waals surface area contributed by atoms with Crippen molar-refractivity contribution in [2.24, 2.45) is 5.73 Å². The third-order valence-corrected chi connectivity index (χ3v) is 1.56. The third kappa shape index (κ3) is 6.86. The Balaban J connectivity index is 0. The fraction of sp³-hybridized carbons (Fsp3) is 0.900. The molecule has 0 amide bonds. The zero-order valence-corrected chi connectivity index (χ0v) is 9.62. The monoisotopic (exact) mass is 205 g/mol. The van der Waals surface area contributed by atoms with E-state index < -0.39 is 18.1 Å². The number of hydrogen-bond acceptors (Lipinski definition) is 4. The van der Waals surface area contributed by atoms with Crippen molar-refractivity contribution in [2.45, 2.75) is 52.7 Å². The van der Waals surface area contributed by atoms with E-state index in [-0.39, 0.29) is 6.61 Å². The third-order valence-electron chi connectivity index (χ3n) is 1.56. The Morgan fingerprint density at radius 1 is 1.43 bits per heavy atom. The summed E-state index contributed by atoms with van der Waals surface area (Å²) < 4.78 is 4.60. The number of esters is 1. The van der Waals surface area contributed by atoms with Crippen molar-refractivity contribution in [1.29, 1.82) is 0 Å². The van der Waals surface area contributed by atoms with E-state index in [9.17, 15) is 9.90 Å². The lowest BCUT2D eigenvalue weighted by Crippen LogP contribution is -2.41. The second-order valence-corrected chi connectivity index (χ2v) is 2.65. The summed E-state index contributed by atoms with van der Waals surface area (Å²) in [7, 11) is 0. The molecule has 14 heavy (non-hydrogen) atoms. The number of aliphatic hydroxyl groups excluding tert-OH is 1. The van der Waals surface area contributed by atoms with Crippen molar-refractivity contribution in [3.8, 4) is 0 Å². The molecule has 0 aliphatic carbocycles. The molecule has 0 spiro atoms. The van der Waals surface area contributed by atoms with Crippen LogP contribution in [-0.2, 0) is 9.53 Å². The number of aliphatic hydroxyl groups is 1. The number of ether oxygens (including phenoxy) is 1. The topological polar surface area (TPSA) is 72.5 Å². The minimum atomic E-state index is -1.18. The first-order valence-corrected chi connectivity index (χ1v) is 5.23. The molecule has 2 unspecified atom stereocenters. The fourth-order valence-electron chi connectivity index (χ4n) is 0.894. The van der Waals surface area contributed by atoms with Crippen molar-refractivity contribution in [3.63, 3.8) is 0 Å². The van der Waals surface area contributed by atoms with Crippen LogP contribution in [0.5, 0.6) is 0 Å². The molecule has 0 saturated heterocycles. The summed E-state index contributed by atoms with van der Waals surface area (Å²) in [5, 5.41) is 9.25. The molecular weight excluding hydrogens is 182 g/mol. The van der Waals surface area contributed by atoms with Gasteiger partial charge in [-0.05, 0) is 13.3 Å². The van der Waals surface area contributed by atoms with Crippen LogP contribution in [0.1, 0.15) is 40.5 Å². The van der Waals surface area contributed by atoms with Crippen molar-refractivity contribution in [1.82, 2.24) is 0 Å². The quantitative estimate of drug-likeness (QED) is 0.658. The Kier molecular flexibility index (Phi) is 11.9. The van der Waals surface area contributed by atoms with Gasteiger partial charge in [-0.25, -0.2) is 4.79 Å². The summed E-state index contributed by atoms with van der Waals surface area (Å²) in [5.74, 6) is -0.626. The van der Waals surface area contributed by atoms with Gasteiger partial charge in [0.05, 0.1) is 6.61 Å². The minimum Gasteiger partial charge on any atom is -0.464 e. The van der Waals surface area contributed by atoms with E-state index in [0.29, 0.717) is 6.42 Å². The van der Waals surface area contributed by atoms with Crippen LogP contribution in [0, 0.1) is 0 Å². The summed E-state index contributed by atoms with van der Waals surface area (Å²) in [6.45, 7) is 7.91. The first kappa shape index (κ1) is 15.8. The van der Waals surface area contributed by atoms with Crippen molar-refractivity contribution < 1.29 is 14.6 Å². The number of carbonyl (C=O) groups excluding carboxylic acids is 1. The van der Waals surface area contributed by atoms with Crippen molar-refractivity contribution in [3.05, 3.63) is 0 Å². The molecular formula is C10H23NO3. The van der Waals surface area contributed by atoms with E-state index in [4.69, 9.17) is 5.73 Å². The summed E-state index contributed by atoms with van der Waals surface area (Å²) in [5.41, 5.74) is 5.51. The normalized spacial score (nSPS) is 13.6. The molecule has 86 valence electrons. The largest absolute Gasteiger partial charge is 0.464 e. The lowest BCUT2D eigenvalue weighted by atomic mass is 10.1. The van der Waals surface area contributed by atoms with Gasteiger partial charge in [-0.15, -0.1) is 0 Å². The molecule has 0 aromatic heterocycles. The Morgan fingerprint density at radius 3 is 2.29 bits per heavy atom. The molecule has 0 aromatic rings. The van der Waals surface area contributed by atoms with E-state index >= 15 is 0 Å². The smallest absolute Gasteiger partial charge is 0.336 e. The number of hydrogen-bond donors (Lipinski definition) is 2. The van der Waals surface area contributed by atoms with Crippen LogP contribution in [0.2, 0.25) is 0 Å². The lowest BCUT2D eigenvalue weighted by Gasteiger charge is -2.15. The molecule has 4 nitrogen and oxygen atoms in total. The molecule has 0 rings (SSSR count). The van der Waals surface area contributed by atoms with Gasteiger partial charge < -0.3 is 15.6 Å². The van der Waals surface area contributed by atoms with E-state index in [1.165, 1.54) is 0 Å². The fourth-order valence-corrected chi connectivity index (χ4v) is 0.894. The maximum absolute atomic E-state index is 10.9. The summed E-state index contributed by atoms with van der Waals surface area (Å²) in [6.07, 6.45) is 0.294. The molecule has 0 aromatic carbocycles. The van der Waals surface area contributed by atoms with Gasteiger partial charge in [-0.1, -0.05) is 27.2 Å². The van der Waals surface area contributed by atoms with Crippen LogP contribution < -0.4 is 5.73 Å². The molecule has 2 atom stereocenters. The van der Waals surface area contributed by atoms with Crippen LogP contribution in [0.4, 0.5) is 0 Å². The number of nitrogens with two attached hydrogens (primary N) is 1. The maximum Gasteiger partial charge on any atom is 0.336 e. The summed E-state index contributed by atoms with van der Waals surface area (Å²) in [6, 6.07) is -0.506. The highest BCUT2D eigenvalue weighted by atomic mass is 16.5. The van der Waals surface area contributed by atoms with Crippen molar-refractivity contribution >= 4 is 5.97 Å². The molecule has 0 heterocycles. The Hall–Kier alpha value is -0.610. The molecule has 0 bridgehead atoms. The molecule has 4 heteroatoms. The van der Waals surface area contributed by atoms with Crippen molar-refractivity contribution in [2.75, 3.05) is 6.61 Å². The molecule has 0 aliphatic rings. The predicted octanol–water partition coefficient (Wildman–Crippen LogP) is 1.06. The van der Waals surface area contributed by atoms with E-state index in [1.54, 1.807) is 6.92 Å². The standard InChI is InChI=1S/C8H17NO3.C2H6/c1-3-5-6(9)7(10)8(11)12-4-2;1-2/h6-7,10H,3-5,9H2,1-2H3;1-2H3. The van der Waals surface area contributed by atoms with Crippen LogP contribution in [0.25, 0.3) is 0 Å². The number of rotatable bonds is 5. The molecule has 0 aliphatic heterocycles. The van der Waals surface area contributed by atoms with E-state index in [2.05, 4.69) is 4.74 Å². The van der Waals surface area contributed by atoms with E-state index in [1.807, 2.05) is 20.8 Å². The van der Waals surface area contributed by atoms with Crippen LogP contribution in [0.3, 0.4) is 0 Å². The highest BCUT2D eigenvalue weighted by Crippen LogP contribution is 2.01. The van der Waals surface area contributed by atoms with Crippen LogP contribution in [0.15, 0.2) is 0 Å². The van der Waals surface area contributed by atoms with Crippen LogP contribution in [-0.4, -0.2) is 29.8 Å². The summed E-state index contributed by atoms with van der Waals surface area (Å²) in [4.78, 5) is 10.9. The zero-order chi connectivity index (χ0) is 11.6. The first-order chi connectivity index (χ1) is 6.63. The molecule has 0 saturated carbocycles. The minimum absolute atomic E-state index is 0.273. The zero-order valence-electron chi connectivity index (χ0n) is 9.62. The van der Waals surface area contributed by atoms with Crippen LogP contribution >= 0.6 is 0 Å². The van der Waals surface area contributed by atoms with E-state index in [0.717, 1.165) is 6.42 Å². The Labute approximate surface area is 86.4 Å². The average molecular weight is 205 g/mol. The van der Waals surface area contributed by atoms with Gasteiger partial charge >= 0.3 is 5.97 Å². The Bertz CT molecular complexity index is 139. The van der Waals surface area contributed by atoms with Gasteiger partial charge in [-0.3, -0.25) is 0 Å². The first-order valence-electron chi connectivity index (χ1n) is 5.23. The van der Waals surface area contributed by atoms with Gasteiger partial charge in [0.2, 0.25) is 0 Å². The molecule has 3 N–H and O–H groups in total. The second-order valence-electron chi connectivity index (χ2n) is 2.65. The average Bonchev–Trinajstić information content (AvgIpc) is 2.20. The predicted molar refractivity (Wildman–Crippen MR) is 56.9 cm³/mol. The highest BCUT2D eigenvalue weighted by molar-refractivity contribution is 5.75. The number of carbonyl (C=O) groups is 1. The maximum atomic E-state index is 10.9. The van der Waals surface area contributed by atoms with Gasteiger partial charge in [-0.2, -0.15) is 0 Å².